The van der Waals surface area contributed by atoms with E-state index in [1.54, 1.807) is 0 Å². The van der Waals surface area contributed by atoms with Crippen molar-refractivity contribution in [2.24, 2.45) is 0 Å². The number of aliphatic hydroxyl groups excluding tert-OH is 1. The largest absolute Gasteiger partial charge is 0.395 e. The second-order valence-electron chi connectivity index (χ2n) is 4.45. The van der Waals surface area contributed by atoms with Gasteiger partial charge in [0.1, 0.15) is 0 Å². The Bertz CT molecular complexity index is 343. The van der Waals surface area contributed by atoms with E-state index in [4.69, 9.17) is 5.11 Å². The first-order valence-electron chi connectivity index (χ1n) is 5.90. The van der Waals surface area contributed by atoms with Gasteiger partial charge in [-0.3, -0.25) is 0 Å². The first-order chi connectivity index (χ1) is 7.70. The highest BCUT2D eigenvalue weighted by Gasteiger charge is 2.26. The maximum atomic E-state index is 9.11. The molecule has 0 spiro atoms. The van der Waals surface area contributed by atoms with Crippen LogP contribution in [0.3, 0.4) is 0 Å². The molecular weight excluding hydrogens is 202 g/mol. The molecule has 0 atom stereocenters. The lowest BCUT2D eigenvalue weighted by Gasteiger charge is -2.37. The summed E-state index contributed by atoms with van der Waals surface area (Å²) in [6.45, 7) is 4.76. The van der Waals surface area contributed by atoms with Crippen molar-refractivity contribution < 1.29 is 5.11 Å². The third-order valence-electron chi connectivity index (χ3n) is 3.08. The summed E-state index contributed by atoms with van der Waals surface area (Å²) < 4.78 is 0. The van der Waals surface area contributed by atoms with Gasteiger partial charge >= 0.3 is 0 Å². The number of aliphatic hydroxyl groups is 1. The minimum Gasteiger partial charge on any atom is -0.395 e. The summed E-state index contributed by atoms with van der Waals surface area (Å²) in [5.74, 6) is 0.774. The maximum absolute atomic E-state index is 9.11. The first-order valence-corrected chi connectivity index (χ1v) is 5.90. The van der Waals surface area contributed by atoms with E-state index >= 15 is 0 Å². The van der Waals surface area contributed by atoms with E-state index in [1.165, 1.54) is 19.3 Å². The topological polar surface area (TPSA) is 49.2 Å². The number of anilines is 1. The van der Waals surface area contributed by atoms with E-state index in [9.17, 15) is 0 Å². The van der Waals surface area contributed by atoms with Crippen LogP contribution in [0.2, 0.25) is 0 Å². The van der Waals surface area contributed by atoms with Crippen molar-refractivity contribution in [3.63, 3.8) is 0 Å². The van der Waals surface area contributed by atoms with Gasteiger partial charge in [-0.25, -0.2) is 9.97 Å². The van der Waals surface area contributed by atoms with Gasteiger partial charge in [-0.05, 0) is 39.2 Å². The SMILES string of the molecule is Cc1cc(C)nc(N(CCO)C2CCC2)n1. The molecule has 0 bridgehead atoms. The molecule has 1 saturated carbocycles. The molecule has 0 saturated heterocycles. The van der Waals surface area contributed by atoms with Gasteiger partial charge in [0, 0.05) is 24.0 Å². The van der Waals surface area contributed by atoms with Crippen LogP contribution in [0.4, 0.5) is 5.95 Å². The Morgan fingerprint density at radius 3 is 2.38 bits per heavy atom. The van der Waals surface area contributed by atoms with Gasteiger partial charge in [0.25, 0.3) is 0 Å². The molecule has 16 heavy (non-hydrogen) atoms. The van der Waals surface area contributed by atoms with Gasteiger partial charge in [-0.15, -0.1) is 0 Å². The molecule has 4 nitrogen and oxygen atoms in total. The third-order valence-corrected chi connectivity index (χ3v) is 3.08. The summed E-state index contributed by atoms with van der Waals surface area (Å²) in [5, 5.41) is 9.11. The Balaban J connectivity index is 2.22. The zero-order chi connectivity index (χ0) is 11.5. The highest BCUT2D eigenvalue weighted by Crippen LogP contribution is 2.27. The molecule has 0 radical (unpaired) electrons. The molecule has 1 N–H and O–H groups in total. The molecule has 1 heterocycles. The quantitative estimate of drug-likeness (QED) is 0.836. The lowest BCUT2D eigenvalue weighted by Crippen LogP contribution is -2.43. The molecule has 88 valence electrons. The lowest BCUT2D eigenvalue weighted by molar-refractivity contribution is 0.282. The van der Waals surface area contributed by atoms with E-state index < -0.39 is 0 Å². The van der Waals surface area contributed by atoms with Crippen LogP contribution < -0.4 is 4.90 Å². The molecule has 1 aromatic heterocycles. The predicted molar refractivity (Wildman–Crippen MR) is 63.6 cm³/mol. The van der Waals surface area contributed by atoms with E-state index in [2.05, 4.69) is 14.9 Å². The fraction of sp³-hybridized carbons (Fsp3) is 0.667. The second-order valence-corrected chi connectivity index (χ2v) is 4.45. The van der Waals surface area contributed by atoms with Crippen molar-refractivity contribution in [1.82, 2.24) is 9.97 Å². The zero-order valence-electron chi connectivity index (χ0n) is 9.98. The van der Waals surface area contributed by atoms with Crippen LogP contribution in [-0.4, -0.2) is 34.3 Å². The molecule has 2 rings (SSSR count). The lowest BCUT2D eigenvalue weighted by atomic mass is 9.92. The fourth-order valence-corrected chi connectivity index (χ4v) is 2.09. The molecule has 1 aromatic rings. The van der Waals surface area contributed by atoms with Crippen molar-refractivity contribution in [1.29, 1.82) is 0 Å². The number of aromatic nitrogens is 2. The predicted octanol–water partition coefficient (Wildman–Crippen LogP) is 1.44. The van der Waals surface area contributed by atoms with Crippen molar-refractivity contribution in [2.45, 2.75) is 39.2 Å². The van der Waals surface area contributed by atoms with Gasteiger partial charge in [-0.2, -0.15) is 0 Å². The molecule has 4 heteroatoms. The van der Waals surface area contributed by atoms with E-state index in [-0.39, 0.29) is 6.61 Å². The van der Waals surface area contributed by atoms with Crippen LogP contribution in [0.5, 0.6) is 0 Å². The van der Waals surface area contributed by atoms with E-state index in [0.29, 0.717) is 12.6 Å². The first kappa shape index (κ1) is 11.3. The Kier molecular flexibility index (Phi) is 3.39. The van der Waals surface area contributed by atoms with E-state index in [0.717, 1.165) is 17.3 Å². The Morgan fingerprint density at radius 2 is 1.94 bits per heavy atom. The zero-order valence-corrected chi connectivity index (χ0v) is 9.98. The molecule has 0 unspecified atom stereocenters. The monoisotopic (exact) mass is 221 g/mol. The summed E-state index contributed by atoms with van der Waals surface area (Å²) in [6, 6.07) is 2.50. The molecular formula is C12H19N3O. The minimum atomic E-state index is 0.160. The molecule has 1 aliphatic carbocycles. The number of rotatable bonds is 4. The van der Waals surface area contributed by atoms with Crippen molar-refractivity contribution >= 4 is 5.95 Å². The number of hydrogen-bond acceptors (Lipinski definition) is 4. The summed E-state index contributed by atoms with van der Waals surface area (Å²) in [4.78, 5) is 11.1. The molecule has 0 aliphatic heterocycles. The summed E-state index contributed by atoms with van der Waals surface area (Å²) >= 11 is 0. The van der Waals surface area contributed by atoms with Gasteiger partial charge < -0.3 is 10.0 Å². The average molecular weight is 221 g/mol. The van der Waals surface area contributed by atoms with Crippen LogP contribution in [0.25, 0.3) is 0 Å². The van der Waals surface area contributed by atoms with Gasteiger partial charge in [0.05, 0.1) is 6.61 Å². The highest BCUT2D eigenvalue weighted by atomic mass is 16.3. The Morgan fingerprint density at radius 1 is 1.31 bits per heavy atom. The molecule has 1 aliphatic rings. The molecule has 1 fully saturated rings. The Labute approximate surface area is 96.3 Å². The number of aryl methyl sites for hydroxylation is 2. The third kappa shape index (κ3) is 2.32. The average Bonchev–Trinajstić information content (AvgIpc) is 2.12. The van der Waals surface area contributed by atoms with Gasteiger partial charge in [0.2, 0.25) is 5.95 Å². The van der Waals surface area contributed by atoms with Crippen molar-refractivity contribution in [2.75, 3.05) is 18.1 Å². The molecule has 0 amide bonds. The summed E-state index contributed by atoms with van der Waals surface area (Å²) in [5.41, 5.74) is 1.98. The van der Waals surface area contributed by atoms with Crippen LogP contribution in [0, 0.1) is 13.8 Å². The number of hydrogen-bond donors (Lipinski definition) is 1. The smallest absolute Gasteiger partial charge is 0.226 e. The van der Waals surface area contributed by atoms with Crippen LogP contribution in [0.1, 0.15) is 30.7 Å². The molecule has 0 aromatic carbocycles. The van der Waals surface area contributed by atoms with Crippen LogP contribution in [-0.2, 0) is 0 Å². The number of nitrogens with zero attached hydrogens (tertiary/aromatic N) is 3. The normalized spacial score (nSPS) is 15.9. The van der Waals surface area contributed by atoms with Crippen molar-refractivity contribution in [3.8, 4) is 0 Å². The second kappa shape index (κ2) is 4.78. The maximum Gasteiger partial charge on any atom is 0.226 e. The summed E-state index contributed by atoms with van der Waals surface area (Å²) in [6.07, 6.45) is 3.66. The standard InChI is InChI=1S/C12H19N3O/c1-9-8-10(2)14-12(13-9)15(6-7-16)11-4-3-5-11/h8,11,16H,3-7H2,1-2H3. The summed E-state index contributed by atoms with van der Waals surface area (Å²) in [7, 11) is 0. The van der Waals surface area contributed by atoms with Gasteiger partial charge in [0.15, 0.2) is 0 Å². The minimum absolute atomic E-state index is 0.160. The highest BCUT2D eigenvalue weighted by molar-refractivity contribution is 5.34. The Hall–Kier alpha value is -1.16. The van der Waals surface area contributed by atoms with Crippen LogP contribution in [0.15, 0.2) is 6.07 Å². The fourth-order valence-electron chi connectivity index (χ4n) is 2.09. The van der Waals surface area contributed by atoms with E-state index in [1.807, 2.05) is 19.9 Å². The van der Waals surface area contributed by atoms with Crippen LogP contribution >= 0.6 is 0 Å². The van der Waals surface area contributed by atoms with Gasteiger partial charge in [-0.1, -0.05) is 0 Å². The van der Waals surface area contributed by atoms with Crippen molar-refractivity contribution in [3.05, 3.63) is 17.5 Å².